The van der Waals surface area contributed by atoms with Crippen molar-refractivity contribution < 1.29 is 18.6 Å². The summed E-state index contributed by atoms with van der Waals surface area (Å²) in [7, 11) is -3.54. The van der Waals surface area contributed by atoms with Gasteiger partial charge in [0.1, 0.15) is 12.2 Å². The minimum atomic E-state index is -3.54. The summed E-state index contributed by atoms with van der Waals surface area (Å²) in [6.45, 7) is 1.72. The fraction of sp³-hybridized carbons (Fsp3) is 0.250. The monoisotopic (exact) mass is 334 g/mol. The Labute approximate surface area is 134 Å². The van der Waals surface area contributed by atoms with Crippen LogP contribution in [0.5, 0.6) is 0 Å². The second-order valence-electron chi connectivity index (χ2n) is 5.79. The Morgan fingerprint density at radius 1 is 1.09 bits per heavy atom. The van der Waals surface area contributed by atoms with Crippen molar-refractivity contribution in [2.45, 2.75) is 19.1 Å². The zero-order valence-electron chi connectivity index (χ0n) is 12.7. The number of nitrogens with two attached hydrogens (primary N) is 1. The highest BCUT2D eigenvalue weighted by Crippen LogP contribution is 2.47. The predicted molar refractivity (Wildman–Crippen MR) is 88.6 cm³/mol. The van der Waals surface area contributed by atoms with Gasteiger partial charge in [-0.1, -0.05) is 24.3 Å². The molecule has 2 aromatic carbocycles. The molecule has 0 fully saturated rings. The highest BCUT2D eigenvalue weighted by molar-refractivity contribution is 7.92. The number of nitrogen functional groups attached to an aromatic ring is 1. The molecule has 0 aliphatic heterocycles. The molecule has 0 amide bonds. The summed E-state index contributed by atoms with van der Waals surface area (Å²) < 4.78 is 25.7. The smallest absolute Gasteiger partial charge is 0.229 e. The molecule has 2 unspecified atom stereocenters. The topological polar surface area (TPSA) is 113 Å². The molecular formula is C16H18N2O4S. The van der Waals surface area contributed by atoms with Crippen molar-refractivity contribution in [3.05, 3.63) is 58.1 Å². The number of hydrogen-bond acceptors (Lipinski definition) is 5. The first kappa shape index (κ1) is 15.8. The number of aliphatic hydroxyl groups is 2. The van der Waals surface area contributed by atoms with Crippen LogP contribution in [0.2, 0.25) is 0 Å². The summed E-state index contributed by atoms with van der Waals surface area (Å²) in [6.07, 6.45) is -1.06. The second kappa shape index (κ2) is 5.23. The first-order valence-corrected chi connectivity index (χ1v) is 8.95. The van der Waals surface area contributed by atoms with Gasteiger partial charge >= 0.3 is 0 Å². The number of fused-ring (bicyclic) bond motifs is 2. The van der Waals surface area contributed by atoms with Crippen LogP contribution in [0.1, 0.15) is 40.0 Å². The van der Waals surface area contributed by atoms with E-state index in [1.165, 1.54) is 0 Å². The lowest BCUT2D eigenvalue weighted by Gasteiger charge is -2.32. The van der Waals surface area contributed by atoms with Gasteiger partial charge in [0, 0.05) is 16.8 Å². The van der Waals surface area contributed by atoms with Crippen LogP contribution in [0.25, 0.3) is 0 Å². The molecule has 0 saturated carbocycles. The standard InChI is InChI=1S/C16H18N2O4S/c1-8-7-11(18-23(2,21)22)12-13(14(8)17)16(20)10-6-4-3-5-9(10)15(12)19/h3-7,15-16,18-20H,17H2,1-2H3. The molecule has 7 heteroatoms. The highest BCUT2D eigenvalue weighted by Gasteiger charge is 2.34. The number of anilines is 2. The van der Waals surface area contributed by atoms with E-state index in [9.17, 15) is 18.6 Å². The van der Waals surface area contributed by atoms with E-state index in [2.05, 4.69) is 4.72 Å². The number of aliphatic hydroxyl groups excluding tert-OH is 2. The molecule has 0 heterocycles. The zero-order chi connectivity index (χ0) is 16.9. The van der Waals surface area contributed by atoms with Gasteiger partial charge in [0.2, 0.25) is 10.0 Å². The van der Waals surface area contributed by atoms with E-state index in [1.54, 1.807) is 37.3 Å². The van der Waals surface area contributed by atoms with Gasteiger partial charge in [-0.2, -0.15) is 0 Å². The van der Waals surface area contributed by atoms with Crippen molar-refractivity contribution in [2.75, 3.05) is 16.7 Å². The van der Waals surface area contributed by atoms with Crippen molar-refractivity contribution in [3.8, 4) is 0 Å². The maximum absolute atomic E-state index is 11.6. The number of benzene rings is 2. The van der Waals surface area contributed by atoms with Crippen LogP contribution in [0, 0.1) is 6.92 Å². The Bertz CT molecular complexity index is 893. The molecule has 1 aliphatic carbocycles. The van der Waals surface area contributed by atoms with Crippen molar-refractivity contribution in [3.63, 3.8) is 0 Å². The Morgan fingerprint density at radius 2 is 1.61 bits per heavy atom. The van der Waals surface area contributed by atoms with E-state index in [0.717, 1.165) is 6.26 Å². The quantitative estimate of drug-likeness (QED) is 0.621. The van der Waals surface area contributed by atoms with Gasteiger partial charge in [-0.25, -0.2) is 8.42 Å². The summed E-state index contributed by atoms with van der Waals surface area (Å²) in [6, 6.07) is 8.51. The largest absolute Gasteiger partial charge is 0.398 e. The van der Waals surface area contributed by atoms with Gasteiger partial charge in [-0.15, -0.1) is 0 Å². The molecule has 23 heavy (non-hydrogen) atoms. The molecule has 0 spiro atoms. The van der Waals surface area contributed by atoms with E-state index in [4.69, 9.17) is 5.73 Å². The summed E-state index contributed by atoms with van der Waals surface area (Å²) in [5, 5.41) is 21.4. The van der Waals surface area contributed by atoms with E-state index >= 15 is 0 Å². The highest BCUT2D eigenvalue weighted by atomic mass is 32.2. The van der Waals surface area contributed by atoms with Crippen LogP contribution in [0.4, 0.5) is 11.4 Å². The van der Waals surface area contributed by atoms with Crippen LogP contribution in [0.15, 0.2) is 30.3 Å². The molecule has 2 atom stereocenters. The van der Waals surface area contributed by atoms with Gasteiger partial charge in [-0.3, -0.25) is 4.72 Å². The van der Waals surface area contributed by atoms with Crippen LogP contribution in [-0.2, 0) is 10.0 Å². The Hall–Kier alpha value is -2.09. The van der Waals surface area contributed by atoms with Crippen LogP contribution in [-0.4, -0.2) is 24.9 Å². The molecule has 0 radical (unpaired) electrons. The number of rotatable bonds is 2. The Morgan fingerprint density at radius 3 is 2.13 bits per heavy atom. The molecule has 0 saturated heterocycles. The van der Waals surface area contributed by atoms with Gasteiger partial charge in [0.25, 0.3) is 0 Å². The van der Waals surface area contributed by atoms with Crippen molar-refractivity contribution >= 4 is 21.4 Å². The van der Waals surface area contributed by atoms with E-state index in [0.29, 0.717) is 33.5 Å². The number of aryl methyl sites for hydroxylation is 1. The lowest BCUT2D eigenvalue weighted by Crippen LogP contribution is -2.23. The summed E-state index contributed by atoms with van der Waals surface area (Å²) >= 11 is 0. The third-order valence-corrected chi connectivity index (χ3v) is 4.67. The number of nitrogens with one attached hydrogen (secondary N) is 1. The maximum Gasteiger partial charge on any atom is 0.229 e. The van der Waals surface area contributed by atoms with E-state index < -0.39 is 22.2 Å². The number of hydrogen-bond donors (Lipinski definition) is 4. The average Bonchev–Trinajstić information content (AvgIpc) is 2.47. The molecule has 3 rings (SSSR count). The molecular weight excluding hydrogens is 316 g/mol. The van der Waals surface area contributed by atoms with Gasteiger partial charge < -0.3 is 15.9 Å². The third kappa shape index (κ3) is 2.56. The zero-order valence-corrected chi connectivity index (χ0v) is 13.6. The van der Waals surface area contributed by atoms with Crippen LogP contribution >= 0.6 is 0 Å². The van der Waals surface area contributed by atoms with Gasteiger partial charge in [-0.05, 0) is 29.7 Å². The SMILES string of the molecule is Cc1cc(NS(C)(=O)=O)c2c(c1N)C(O)c1ccccc1C2O. The lowest BCUT2D eigenvalue weighted by atomic mass is 9.79. The fourth-order valence-corrected chi connectivity index (χ4v) is 3.64. The molecule has 1 aliphatic rings. The minimum Gasteiger partial charge on any atom is -0.398 e. The first-order valence-electron chi connectivity index (χ1n) is 7.06. The molecule has 5 N–H and O–H groups in total. The van der Waals surface area contributed by atoms with E-state index in [1.807, 2.05) is 0 Å². The van der Waals surface area contributed by atoms with Crippen molar-refractivity contribution in [2.24, 2.45) is 0 Å². The summed E-state index contributed by atoms with van der Waals surface area (Å²) in [4.78, 5) is 0. The Kier molecular flexibility index (Phi) is 3.59. The fourth-order valence-electron chi connectivity index (χ4n) is 3.07. The van der Waals surface area contributed by atoms with Crippen molar-refractivity contribution in [1.29, 1.82) is 0 Å². The molecule has 122 valence electrons. The van der Waals surface area contributed by atoms with Crippen molar-refractivity contribution in [1.82, 2.24) is 0 Å². The number of sulfonamides is 1. The molecule has 6 nitrogen and oxygen atoms in total. The normalized spacial score (nSPS) is 19.8. The maximum atomic E-state index is 11.6. The first-order chi connectivity index (χ1) is 10.7. The third-order valence-electron chi connectivity index (χ3n) is 4.08. The molecule has 0 aromatic heterocycles. The minimum absolute atomic E-state index is 0.232. The van der Waals surface area contributed by atoms with Gasteiger partial charge in [0.15, 0.2) is 0 Å². The van der Waals surface area contributed by atoms with Crippen LogP contribution < -0.4 is 10.5 Å². The summed E-state index contributed by atoms with van der Waals surface area (Å²) in [5.41, 5.74) is 9.05. The summed E-state index contributed by atoms with van der Waals surface area (Å²) in [5.74, 6) is 0. The van der Waals surface area contributed by atoms with E-state index in [-0.39, 0.29) is 5.69 Å². The molecule has 0 bridgehead atoms. The van der Waals surface area contributed by atoms with Crippen LogP contribution in [0.3, 0.4) is 0 Å². The second-order valence-corrected chi connectivity index (χ2v) is 7.54. The molecule has 2 aromatic rings. The predicted octanol–water partition coefficient (Wildman–Crippen LogP) is 1.43. The van der Waals surface area contributed by atoms with Gasteiger partial charge in [0.05, 0.1) is 11.9 Å². The Balaban J connectivity index is 2.32. The average molecular weight is 334 g/mol. The lowest BCUT2D eigenvalue weighted by molar-refractivity contribution is 0.174.